The first kappa shape index (κ1) is 17.8. The van der Waals surface area contributed by atoms with E-state index in [9.17, 15) is 13.6 Å². The molecule has 0 aliphatic carbocycles. The molecule has 28 heavy (non-hydrogen) atoms. The lowest BCUT2D eigenvalue weighted by Gasteiger charge is -2.08. The van der Waals surface area contributed by atoms with E-state index in [1.807, 2.05) is 0 Å². The second-order valence-electron chi connectivity index (χ2n) is 6.45. The SMILES string of the molecule is Cc1cc(C(=O)Nc2ccc(F)cc2)c2c(C)nn(-c3cccc(F)c3)c2n1. The molecule has 0 radical (unpaired) electrons. The number of aryl methyl sites for hydroxylation is 2. The molecule has 0 aliphatic heterocycles. The summed E-state index contributed by atoms with van der Waals surface area (Å²) in [5, 5.41) is 7.80. The third kappa shape index (κ3) is 3.22. The van der Waals surface area contributed by atoms with Crippen LogP contribution in [0.2, 0.25) is 0 Å². The molecule has 0 saturated heterocycles. The molecule has 0 fully saturated rings. The van der Waals surface area contributed by atoms with Crippen molar-refractivity contribution in [1.29, 1.82) is 0 Å². The quantitative estimate of drug-likeness (QED) is 0.568. The molecular formula is C21H16F2N4O. The van der Waals surface area contributed by atoms with Crippen LogP contribution < -0.4 is 5.32 Å². The molecular weight excluding hydrogens is 362 g/mol. The smallest absolute Gasteiger partial charge is 0.256 e. The number of fused-ring (bicyclic) bond motifs is 1. The Morgan fingerprint density at radius 1 is 1.00 bits per heavy atom. The van der Waals surface area contributed by atoms with Gasteiger partial charge in [-0.1, -0.05) is 6.07 Å². The Balaban J connectivity index is 1.83. The molecule has 4 aromatic rings. The van der Waals surface area contributed by atoms with E-state index in [4.69, 9.17) is 0 Å². The molecule has 7 heteroatoms. The Hall–Kier alpha value is -3.61. The minimum atomic E-state index is -0.388. The highest BCUT2D eigenvalue weighted by atomic mass is 19.1. The summed E-state index contributed by atoms with van der Waals surface area (Å²) in [5.41, 5.74) is 3.06. The largest absolute Gasteiger partial charge is 0.322 e. The van der Waals surface area contributed by atoms with E-state index in [1.54, 1.807) is 32.0 Å². The van der Waals surface area contributed by atoms with E-state index < -0.39 is 0 Å². The van der Waals surface area contributed by atoms with E-state index in [-0.39, 0.29) is 17.5 Å². The Kier molecular flexibility index (Phi) is 4.35. The Labute approximate surface area is 159 Å². The van der Waals surface area contributed by atoms with Crippen LogP contribution >= 0.6 is 0 Å². The first-order valence-corrected chi connectivity index (χ1v) is 8.62. The summed E-state index contributed by atoms with van der Waals surface area (Å²) in [6, 6.07) is 13.2. The molecule has 0 unspecified atom stereocenters. The van der Waals surface area contributed by atoms with Gasteiger partial charge in [-0.2, -0.15) is 5.10 Å². The highest BCUT2D eigenvalue weighted by Crippen LogP contribution is 2.26. The third-order valence-corrected chi connectivity index (χ3v) is 4.34. The molecule has 5 nitrogen and oxygen atoms in total. The summed E-state index contributed by atoms with van der Waals surface area (Å²) in [5.74, 6) is -1.13. The van der Waals surface area contributed by atoms with Crippen LogP contribution in [0.1, 0.15) is 21.7 Å². The van der Waals surface area contributed by atoms with Crippen molar-refractivity contribution in [2.24, 2.45) is 0 Å². The number of nitrogens with zero attached hydrogens (tertiary/aromatic N) is 3. The topological polar surface area (TPSA) is 59.8 Å². The van der Waals surface area contributed by atoms with E-state index in [1.165, 1.54) is 41.1 Å². The van der Waals surface area contributed by atoms with Gasteiger partial charge in [0.25, 0.3) is 5.91 Å². The number of hydrogen-bond donors (Lipinski definition) is 1. The average Bonchev–Trinajstić information content (AvgIpc) is 2.99. The summed E-state index contributed by atoms with van der Waals surface area (Å²) < 4.78 is 28.3. The molecule has 0 saturated carbocycles. The summed E-state index contributed by atoms with van der Waals surface area (Å²) >= 11 is 0. The zero-order chi connectivity index (χ0) is 19.8. The molecule has 4 rings (SSSR count). The summed E-state index contributed by atoms with van der Waals surface area (Å²) in [6.07, 6.45) is 0. The highest BCUT2D eigenvalue weighted by Gasteiger charge is 2.20. The van der Waals surface area contributed by atoms with Crippen LogP contribution in [-0.4, -0.2) is 20.7 Å². The standard InChI is InChI=1S/C21H16F2N4O/c1-12-10-18(21(28)25-16-8-6-14(22)7-9-16)19-13(2)26-27(20(19)24-12)17-5-3-4-15(23)11-17/h3-11H,1-2H3,(H,25,28). The molecule has 0 atom stereocenters. The summed E-state index contributed by atoms with van der Waals surface area (Å²) in [6.45, 7) is 3.54. The van der Waals surface area contributed by atoms with Gasteiger partial charge >= 0.3 is 0 Å². The average molecular weight is 378 g/mol. The molecule has 2 aromatic carbocycles. The van der Waals surface area contributed by atoms with Crippen molar-refractivity contribution in [2.45, 2.75) is 13.8 Å². The number of hydrogen-bond acceptors (Lipinski definition) is 3. The molecule has 2 heterocycles. The lowest BCUT2D eigenvalue weighted by molar-refractivity contribution is 0.102. The minimum Gasteiger partial charge on any atom is -0.322 e. The Bertz CT molecular complexity index is 1200. The lowest BCUT2D eigenvalue weighted by Crippen LogP contribution is -2.13. The molecule has 0 bridgehead atoms. The van der Waals surface area contributed by atoms with Gasteiger partial charge in [0, 0.05) is 11.4 Å². The van der Waals surface area contributed by atoms with Crippen LogP contribution in [0, 0.1) is 25.5 Å². The zero-order valence-electron chi connectivity index (χ0n) is 15.2. The fourth-order valence-electron chi connectivity index (χ4n) is 3.11. The van der Waals surface area contributed by atoms with Crippen molar-refractivity contribution in [3.63, 3.8) is 0 Å². The fraction of sp³-hybridized carbons (Fsp3) is 0.0952. The first-order chi connectivity index (χ1) is 13.4. The van der Waals surface area contributed by atoms with E-state index >= 15 is 0 Å². The first-order valence-electron chi connectivity index (χ1n) is 8.62. The minimum absolute atomic E-state index is 0.357. The van der Waals surface area contributed by atoms with Gasteiger partial charge in [0.1, 0.15) is 11.6 Å². The van der Waals surface area contributed by atoms with Gasteiger partial charge in [0.15, 0.2) is 5.65 Å². The normalized spacial score (nSPS) is 11.0. The molecule has 1 amide bonds. The van der Waals surface area contributed by atoms with Crippen molar-refractivity contribution in [1.82, 2.24) is 14.8 Å². The fourth-order valence-corrected chi connectivity index (χ4v) is 3.11. The number of benzene rings is 2. The second kappa shape index (κ2) is 6.84. The number of carbonyl (C=O) groups excluding carboxylic acids is 1. The number of anilines is 1. The molecule has 0 spiro atoms. The molecule has 140 valence electrons. The van der Waals surface area contributed by atoms with Crippen LogP contribution in [0.4, 0.5) is 14.5 Å². The van der Waals surface area contributed by atoms with Crippen molar-refractivity contribution in [3.05, 3.63) is 83.2 Å². The monoisotopic (exact) mass is 378 g/mol. The maximum atomic E-state index is 13.7. The van der Waals surface area contributed by atoms with Crippen molar-refractivity contribution >= 4 is 22.6 Å². The van der Waals surface area contributed by atoms with Crippen LogP contribution in [0.15, 0.2) is 54.6 Å². The van der Waals surface area contributed by atoms with Crippen LogP contribution in [-0.2, 0) is 0 Å². The highest BCUT2D eigenvalue weighted by molar-refractivity contribution is 6.12. The van der Waals surface area contributed by atoms with Crippen LogP contribution in [0.3, 0.4) is 0 Å². The lowest BCUT2D eigenvalue weighted by atomic mass is 10.1. The van der Waals surface area contributed by atoms with Gasteiger partial charge in [-0.15, -0.1) is 0 Å². The maximum absolute atomic E-state index is 13.7. The summed E-state index contributed by atoms with van der Waals surface area (Å²) in [4.78, 5) is 17.4. The number of carbonyl (C=O) groups is 1. The Morgan fingerprint density at radius 2 is 1.75 bits per heavy atom. The maximum Gasteiger partial charge on any atom is 0.256 e. The van der Waals surface area contributed by atoms with Gasteiger partial charge in [-0.05, 0) is 62.4 Å². The summed E-state index contributed by atoms with van der Waals surface area (Å²) in [7, 11) is 0. The number of nitrogens with one attached hydrogen (secondary N) is 1. The van der Waals surface area contributed by atoms with Gasteiger partial charge < -0.3 is 5.32 Å². The van der Waals surface area contributed by atoms with Crippen molar-refractivity contribution in [3.8, 4) is 5.69 Å². The Morgan fingerprint density at radius 3 is 2.46 bits per heavy atom. The van der Waals surface area contributed by atoms with Crippen LogP contribution in [0.25, 0.3) is 16.7 Å². The number of pyridine rings is 1. The number of rotatable bonds is 3. The second-order valence-corrected chi connectivity index (χ2v) is 6.45. The van der Waals surface area contributed by atoms with E-state index in [2.05, 4.69) is 15.4 Å². The van der Waals surface area contributed by atoms with Gasteiger partial charge in [-0.3, -0.25) is 4.79 Å². The van der Waals surface area contributed by atoms with Crippen molar-refractivity contribution < 1.29 is 13.6 Å². The van der Waals surface area contributed by atoms with E-state index in [0.29, 0.717) is 39.4 Å². The zero-order valence-corrected chi connectivity index (χ0v) is 15.2. The van der Waals surface area contributed by atoms with E-state index in [0.717, 1.165) is 0 Å². The predicted molar refractivity (Wildman–Crippen MR) is 103 cm³/mol. The third-order valence-electron chi connectivity index (χ3n) is 4.34. The van der Waals surface area contributed by atoms with Gasteiger partial charge in [0.2, 0.25) is 0 Å². The predicted octanol–water partition coefficient (Wildman–Crippen LogP) is 4.57. The number of amides is 1. The molecule has 1 N–H and O–H groups in total. The number of aromatic nitrogens is 3. The van der Waals surface area contributed by atoms with Gasteiger partial charge in [-0.25, -0.2) is 18.4 Å². The van der Waals surface area contributed by atoms with Crippen LogP contribution in [0.5, 0.6) is 0 Å². The molecule has 0 aliphatic rings. The van der Waals surface area contributed by atoms with Crippen molar-refractivity contribution in [2.75, 3.05) is 5.32 Å². The number of halogens is 2. The molecule has 2 aromatic heterocycles. The van der Waals surface area contributed by atoms with Gasteiger partial charge in [0.05, 0.1) is 22.3 Å².